The van der Waals surface area contributed by atoms with Crippen LogP contribution < -0.4 is 10.3 Å². The predicted octanol–water partition coefficient (Wildman–Crippen LogP) is 3.84. The van der Waals surface area contributed by atoms with Crippen LogP contribution in [0.1, 0.15) is 30.6 Å². The van der Waals surface area contributed by atoms with Crippen LogP contribution >= 0.6 is 0 Å². The Balaban J connectivity index is 1.87. The number of hydrogen-bond donors (Lipinski definition) is 1. The summed E-state index contributed by atoms with van der Waals surface area (Å²) >= 11 is 0. The van der Waals surface area contributed by atoms with Crippen LogP contribution in [0, 0.1) is 0 Å². The minimum atomic E-state index is -1.33. The number of anilines is 1. The lowest BCUT2D eigenvalue weighted by Gasteiger charge is -2.29. The van der Waals surface area contributed by atoms with Gasteiger partial charge in [-0.3, -0.25) is 4.79 Å². The first-order chi connectivity index (χ1) is 16.0. The molecule has 4 rings (SSSR count). The van der Waals surface area contributed by atoms with Gasteiger partial charge < -0.3 is 19.2 Å². The predicted molar refractivity (Wildman–Crippen MR) is 126 cm³/mol. The Labute approximate surface area is 190 Å². The second kappa shape index (κ2) is 9.74. The first-order valence-electron chi connectivity index (χ1n) is 10.7. The first-order valence-corrected chi connectivity index (χ1v) is 10.7. The third-order valence-electron chi connectivity index (χ3n) is 5.35. The SMILES string of the molecule is C/C=C\C(CC)=Nc1ncc(-c2ccc3occ(C(=O)O)c(=O)c3c2)c(N2CCOCC2)n1. The number of aliphatic imine (C=N–C) groups is 1. The van der Waals surface area contributed by atoms with Crippen molar-refractivity contribution in [1.82, 2.24) is 9.97 Å². The summed E-state index contributed by atoms with van der Waals surface area (Å²) in [6, 6.07) is 5.07. The number of carboxylic acids is 1. The molecule has 1 aromatic carbocycles. The van der Waals surface area contributed by atoms with E-state index in [0.29, 0.717) is 54.8 Å². The number of nitrogens with zero attached hydrogens (tertiary/aromatic N) is 4. The fourth-order valence-electron chi connectivity index (χ4n) is 3.64. The Bertz CT molecular complexity index is 1310. The van der Waals surface area contributed by atoms with Gasteiger partial charge in [0.05, 0.1) is 18.6 Å². The molecule has 0 spiro atoms. The van der Waals surface area contributed by atoms with E-state index in [2.05, 4.69) is 14.9 Å². The number of aromatic carboxylic acids is 1. The number of allylic oxidation sites excluding steroid dienone is 2. The molecule has 0 aliphatic carbocycles. The van der Waals surface area contributed by atoms with Crippen LogP contribution in [0.3, 0.4) is 0 Å². The van der Waals surface area contributed by atoms with Crippen LogP contribution in [0.4, 0.5) is 11.8 Å². The fourth-order valence-corrected chi connectivity index (χ4v) is 3.64. The van der Waals surface area contributed by atoms with Gasteiger partial charge >= 0.3 is 5.97 Å². The van der Waals surface area contributed by atoms with Crippen LogP contribution in [0.5, 0.6) is 0 Å². The molecule has 0 saturated carbocycles. The van der Waals surface area contributed by atoms with E-state index in [0.717, 1.165) is 18.4 Å². The smallest absolute Gasteiger partial charge is 0.342 e. The molecule has 2 aromatic heterocycles. The summed E-state index contributed by atoms with van der Waals surface area (Å²) < 4.78 is 10.8. The molecule has 3 aromatic rings. The molecule has 3 heterocycles. The highest BCUT2D eigenvalue weighted by atomic mass is 16.5. The van der Waals surface area contributed by atoms with E-state index in [1.807, 2.05) is 26.0 Å². The van der Waals surface area contributed by atoms with Crippen LogP contribution in [0.25, 0.3) is 22.1 Å². The molecule has 1 saturated heterocycles. The number of ether oxygens (including phenoxy) is 1. The average molecular weight is 448 g/mol. The van der Waals surface area contributed by atoms with E-state index in [1.165, 1.54) is 0 Å². The number of carbonyl (C=O) groups is 1. The van der Waals surface area contributed by atoms with Crippen molar-refractivity contribution in [3.05, 3.63) is 58.6 Å². The standard InChI is InChI=1S/C24H24N4O5/c1-3-5-16(4-2)26-24-25-13-18(22(27-24)28-8-10-32-11-9-28)15-6-7-20-17(12-15)21(29)19(14-33-20)23(30)31/h3,5-7,12-14H,4,8-11H2,1-2H3,(H,30,31)/b5-3-,26-16?. The molecule has 1 aliphatic rings. The van der Waals surface area contributed by atoms with E-state index < -0.39 is 17.0 Å². The van der Waals surface area contributed by atoms with Gasteiger partial charge in [-0.1, -0.05) is 19.1 Å². The van der Waals surface area contributed by atoms with Gasteiger partial charge in [0.15, 0.2) is 0 Å². The number of morpholine rings is 1. The first kappa shape index (κ1) is 22.3. The van der Waals surface area contributed by atoms with Crippen molar-refractivity contribution in [1.29, 1.82) is 0 Å². The Hall–Kier alpha value is -3.85. The molecule has 0 radical (unpaired) electrons. The van der Waals surface area contributed by atoms with Gasteiger partial charge in [-0.2, -0.15) is 4.98 Å². The molecule has 33 heavy (non-hydrogen) atoms. The van der Waals surface area contributed by atoms with E-state index in [-0.39, 0.29) is 5.39 Å². The topological polar surface area (TPSA) is 118 Å². The molecule has 0 atom stereocenters. The van der Waals surface area contributed by atoms with Gasteiger partial charge in [0.1, 0.15) is 23.2 Å². The van der Waals surface area contributed by atoms with Gasteiger partial charge in [-0.05, 0) is 37.1 Å². The molecular formula is C24H24N4O5. The van der Waals surface area contributed by atoms with Crippen LogP contribution in [-0.2, 0) is 4.74 Å². The Kier molecular flexibility index (Phi) is 6.60. The quantitative estimate of drug-likeness (QED) is 0.565. The molecule has 0 bridgehead atoms. The van der Waals surface area contributed by atoms with Gasteiger partial charge in [0.2, 0.25) is 5.43 Å². The Morgan fingerprint density at radius 3 is 2.79 bits per heavy atom. The zero-order valence-corrected chi connectivity index (χ0v) is 18.4. The number of benzene rings is 1. The number of carboxylic acid groups (broad SMARTS) is 1. The minimum absolute atomic E-state index is 0.184. The van der Waals surface area contributed by atoms with Gasteiger partial charge in [-0.15, -0.1) is 0 Å². The van der Waals surface area contributed by atoms with Gasteiger partial charge in [0.25, 0.3) is 5.95 Å². The summed E-state index contributed by atoms with van der Waals surface area (Å²) in [6.07, 6.45) is 7.25. The minimum Gasteiger partial charge on any atom is -0.477 e. The Morgan fingerprint density at radius 2 is 2.09 bits per heavy atom. The lowest BCUT2D eigenvalue weighted by Crippen LogP contribution is -2.37. The monoisotopic (exact) mass is 448 g/mol. The van der Waals surface area contributed by atoms with Crippen molar-refractivity contribution in [2.24, 2.45) is 4.99 Å². The summed E-state index contributed by atoms with van der Waals surface area (Å²) in [5, 5.41) is 9.46. The van der Waals surface area contributed by atoms with Crippen molar-refractivity contribution >= 4 is 34.4 Å². The number of fused-ring (bicyclic) bond motifs is 1. The fraction of sp³-hybridized carbons (Fsp3) is 0.292. The second-order valence-electron chi connectivity index (χ2n) is 7.46. The van der Waals surface area contributed by atoms with Crippen LogP contribution in [-0.4, -0.2) is 53.1 Å². The summed E-state index contributed by atoms with van der Waals surface area (Å²) in [4.78, 5) is 39.9. The molecule has 170 valence electrons. The molecule has 0 amide bonds. The van der Waals surface area contributed by atoms with Crippen molar-refractivity contribution in [3.8, 4) is 11.1 Å². The molecule has 1 fully saturated rings. The average Bonchev–Trinajstić information content (AvgIpc) is 2.84. The van der Waals surface area contributed by atoms with Crippen molar-refractivity contribution in [2.75, 3.05) is 31.2 Å². The molecule has 9 nitrogen and oxygen atoms in total. The highest BCUT2D eigenvalue weighted by Crippen LogP contribution is 2.32. The maximum absolute atomic E-state index is 12.7. The van der Waals surface area contributed by atoms with E-state index in [4.69, 9.17) is 14.1 Å². The van der Waals surface area contributed by atoms with Gasteiger partial charge in [0, 0.05) is 30.6 Å². The van der Waals surface area contributed by atoms with Crippen molar-refractivity contribution in [3.63, 3.8) is 0 Å². The second-order valence-corrected chi connectivity index (χ2v) is 7.46. The lowest BCUT2D eigenvalue weighted by molar-refractivity contribution is 0.0693. The van der Waals surface area contributed by atoms with Crippen molar-refractivity contribution in [2.45, 2.75) is 20.3 Å². The molecular weight excluding hydrogens is 424 g/mol. The van der Waals surface area contributed by atoms with Crippen LogP contribution in [0.2, 0.25) is 0 Å². The van der Waals surface area contributed by atoms with Crippen molar-refractivity contribution < 1.29 is 19.1 Å². The summed E-state index contributed by atoms with van der Waals surface area (Å²) in [6.45, 7) is 6.40. The zero-order chi connectivity index (χ0) is 23.4. The molecule has 9 heteroatoms. The lowest BCUT2D eigenvalue weighted by atomic mass is 10.0. The summed E-state index contributed by atoms with van der Waals surface area (Å²) in [7, 11) is 0. The van der Waals surface area contributed by atoms with E-state index >= 15 is 0 Å². The van der Waals surface area contributed by atoms with E-state index in [1.54, 1.807) is 24.4 Å². The molecule has 0 unspecified atom stereocenters. The largest absolute Gasteiger partial charge is 0.477 e. The number of hydrogen-bond acceptors (Lipinski definition) is 8. The normalized spacial score (nSPS) is 14.8. The summed E-state index contributed by atoms with van der Waals surface area (Å²) in [5.74, 6) is -0.298. The maximum atomic E-state index is 12.7. The summed E-state index contributed by atoms with van der Waals surface area (Å²) in [5.41, 5.74) is 1.55. The van der Waals surface area contributed by atoms with E-state index in [9.17, 15) is 14.7 Å². The Morgan fingerprint density at radius 1 is 1.30 bits per heavy atom. The maximum Gasteiger partial charge on any atom is 0.342 e. The third-order valence-corrected chi connectivity index (χ3v) is 5.35. The van der Waals surface area contributed by atoms with Crippen LogP contribution in [0.15, 0.2) is 57.0 Å². The number of rotatable bonds is 6. The molecule has 1 N–H and O–H groups in total. The molecule has 1 aliphatic heterocycles. The highest BCUT2D eigenvalue weighted by Gasteiger charge is 2.20. The zero-order valence-electron chi connectivity index (χ0n) is 18.4. The highest BCUT2D eigenvalue weighted by molar-refractivity contribution is 5.96. The number of aromatic nitrogens is 2. The van der Waals surface area contributed by atoms with Gasteiger partial charge in [-0.25, -0.2) is 14.8 Å². The third kappa shape index (κ3) is 4.68.